The minimum absolute atomic E-state index is 0.153. The van der Waals surface area contributed by atoms with Gasteiger partial charge in [-0.1, -0.05) is 0 Å². The molecule has 66 valence electrons. The van der Waals surface area contributed by atoms with E-state index in [9.17, 15) is 0 Å². The number of hydrogen-bond acceptors (Lipinski definition) is 4. The Balaban J connectivity index is 2.16. The largest absolute Gasteiger partial charge is 0.356 e. The monoisotopic (exact) mass is 162 g/mol. The first-order valence-corrected chi connectivity index (χ1v) is 3.65. The lowest BCUT2D eigenvalue weighted by Crippen LogP contribution is -2.21. The summed E-state index contributed by atoms with van der Waals surface area (Å²) in [5, 5.41) is 0. The summed E-state index contributed by atoms with van der Waals surface area (Å²) in [7, 11) is 3.20. The van der Waals surface area contributed by atoms with E-state index < -0.39 is 0 Å². The van der Waals surface area contributed by atoms with Crippen LogP contribution in [-0.2, 0) is 18.9 Å². The molecular weight excluding hydrogens is 148 g/mol. The molecule has 0 amide bonds. The fourth-order valence-electron chi connectivity index (χ4n) is 0.989. The molecule has 0 spiro atoms. The van der Waals surface area contributed by atoms with Gasteiger partial charge in [-0.25, -0.2) is 0 Å². The van der Waals surface area contributed by atoms with Gasteiger partial charge < -0.3 is 18.9 Å². The Hall–Kier alpha value is -0.160. The van der Waals surface area contributed by atoms with E-state index in [1.165, 1.54) is 0 Å². The summed E-state index contributed by atoms with van der Waals surface area (Å²) < 4.78 is 20.4. The summed E-state index contributed by atoms with van der Waals surface area (Å²) >= 11 is 0. The summed E-state index contributed by atoms with van der Waals surface area (Å²) in [5.74, 6) is 0. The lowest BCUT2D eigenvalue weighted by atomic mass is 10.4. The van der Waals surface area contributed by atoms with Crippen molar-refractivity contribution in [3.05, 3.63) is 0 Å². The van der Waals surface area contributed by atoms with Crippen molar-refractivity contribution in [3.8, 4) is 0 Å². The van der Waals surface area contributed by atoms with Crippen LogP contribution in [-0.4, -0.2) is 40.0 Å². The van der Waals surface area contributed by atoms with Crippen molar-refractivity contribution >= 4 is 0 Å². The van der Waals surface area contributed by atoms with Crippen LogP contribution >= 0.6 is 0 Å². The zero-order valence-electron chi connectivity index (χ0n) is 6.91. The molecule has 0 bridgehead atoms. The van der Waals surface area contributed by atoms with E-state index in [-0.39, 0.29) is 12.6 Å². The maximum Gasteiger partial charge on any atom is 0.162 e. The average molecular weight is 162 g/mol. The first-order chi connectivity index (χ1) is 5.36. The minimum Gasteiger partial charge on any atom is -0.356 e. The van der Waals surface area contributed by atoms with Crippen LogP contribution in [0.3, 0.4) is 0 Å². The quantitative estimate of drug-likeness (QED) is 0.559. The van der Waals surface area contributed by atoms with Crippen LogP contribution in [0.5, 0.6) is 0 Å². The van der Waals surface area contributed by atoms with Crippen molar-refractivity contribution in [2.75, 3.05) is 27.4 Å². The Morgan fingerprint density at radius 1 is 1.27 bits per heavy atom. The summed E-state index contributed by atoms with van der Waals surface area (Å²) in [6.45, 7) is 1.34. The summed E-state index contributed by atoms with van der Waals surface area (Å²) in [6.07, 6.45) is 0.255. The Morgan fingerprint density at radius 2 is 1.82 bits per heavy atom. The van der Waals surface area contributed by atoms with Gasteiger partial charge in [0.25, 0.3) is 0 Å². The number of rotatable bonds is 4. The zero-order chi connectivity index (χ0) is 8.10. The van der Waals surface area contributed by atoms with Crippen LogP contribution in [0.25, 0.3) is 0 Å². The molecule has 11 heavy (non-hydrogen) atoms. The molecule has 0 aromatic rings. The van der Waals surface area contributed by atoms with E-state index in [2.05, 4.69) is 0 Å². The van der Waals surface area contributed by atoms with Crippen molar-refractivity contribution in [2.45, 2.75) is 19.0 Å². The molecule has 4 heteroatoms. The highest BCUT2D eigenvalue weighted by Crippen LogP contribution is 2.12. The molecule has 1 aliphatic rings. The van der Waals surface area contributed by atoms with Crippen LogP contribution in [0.2, 0.25) is 0 Å². The van der Waals surface area contributed by atoms with Gasteiger partial charge >= 0.3 is 0 Å². The molecule has 0 aromatic carbocycles. The van der Waals surface area contributed by atoms with Gasteiger partial charge in [0.1, 0.15) is 0 Å². The molecule has 0 aliphatic carbocycles. The Bertz CT molecular complexity index is 96.6. The van der Waals surface area contributed by atoms with Crippen LogP contribution in [0.1, 0.15) is 6.42 Å². The molecule has 0 unspecified atom stereocenters. The van der Waals surface area contributed by atoms with E-state index in [1.54, 1.807) is 14.2 Å². The second-order valence-corrected chi connectivity index (χ2v) is 2.31. The van der Waals surface area contributed by atoms with E-state index in [4.69, 9.17) is 18.9 Å². The predicted molar refractivity (Wildman–Crippen MR) is 38.1 cm³/mol. The molecule has 1 aliphatic heterocycles. The van der Waals surface area contributed by atoms with Crippen molar-refractivity contribution < 1.29 is 18.9 Å². The number of methoxy groups -OCH3 is 2. The third-order valence-electron chi connectivity index (χ3n) is 1.60. The Morgan fingerprint density at radius 3 is 2.27 bits per heavy atom. The molecule has 1 saturated heterocycles. The van der Waals surface area contributed by atoms with Gasteiger partial charge in [0, 0.05) is 20.6 Å². The van der Waals surface area contributed by atoms with Gasteiger partial charge in [-0.3, -0.25) is 0 Å². The predicted octanol–water partition coefficient (Wildman–Crippen LogP) is 0.368. The normalized spacial score (nSPS) is 19.9. The van der Waals surface area contributed by atoms with Crippen LogP contribution in [0, 0.1) is 0 Å². The molecule has 1 heterocycles. The van der Waals surface area contributed by atoms with Crippen molar-refractivity contribution in [1.82, 2.24) is 0 Å². The lowest BCUT2D eigenvalue weighted by molar-refractivity contribution is -0.157. The molecule has 0 N–H and O–H groups in total. The fourth-order valence-corrected chi connectivity index (χ4v) is 0.989. The van der Waals surface area contributed by atoms with E-state index >= 15 is 0 Å². The molecule has 0 atom stereocenters. The first-order valence-electron chi connectivity index (χ1n) is 3.65. The van der Waals surface area contributed by atoms with Gasteiger partial charge in [0.2, 0.25) is 0 Å². The Kier molecular flexibility index (Phi) is 3.79. The summed E-state index contributed by atoms with van der Waals surface area (Å²) in [5.41, 5.74) is 0. The van der Waals surface area contributed by atoms with E-state index in [0.29, 0.717) is 19.6 Å². The Labute approximate surface area is 66.4 Å². The minimum atomic E-state index is -0.224. The first kappa shape index (κ1) is 8.93. The molecule has 1 fully saturated rings. The average Bonchev–Trinajstić information content (AvgIpc) is 2.52. The molecular formula is C7H14O4. The standard InChI is InChI=1S/C7H14O4/c1-8-6(9-2)5-7-10-3-4-11-7/h6-7H,3-5H2,1-2H3. The van der Waals surface area contributed by atoms with Crippen molar-refractivity contribution in [3.63, 3.8) is 0 Å². The SMILES string of the molecule is COC(CC1OCCO1)OC. The number of hydrogen-bond donors (Lipinski definition) is 0. The van der Waals surface area contributed by atoms with E-state index in [1.807, 2.05) is 0 Å². The molecule has 0 aromatic heterocycles. The van der Waals surface area contributed by atoms with Crippen molar-refractivity contribution in [2.24, 2.45) is 0 Å². The zero-order valence-corrected chi connectivity index (χ0v) is 6.91. The van der Waals surface area contributed by atoms with Crippen molar-refractivity contribution in [1.29, 1.82) is 0 Å². The fraction of sp³-hybridized carbons (Fsp3) is 1.00. The smallest absolute Gasteiger partial charge is 0.162 e. The van der Waals surface area contributed by atoms with Crippen LogP contribution < -0.4 is 0 Å². The van der Waals surface area contributed by atoms with Gasteiger partial charge in [0.05, 0.1) is 13.2 Å². The highest BCUT2D eigenvalue weighted by molar-refractivity contribution is 4.54. The molecule has 1 rings (SSSR count). The second-order valence-electron chi connectivity index (χ2n) is 2.31. The topological polar surface area (TPSA) is 36.9 Å². The van der Waals surface area contributed by atoms with Gasteiger partial charge in [0.15, 0.2) is 12.6 Å². The molecule has 0 radical (unpaired) electrons. The maximum absolute atomic E-state index is 5.20. The van der Waals surface area contributed by atoms with Crippen LogP contribution in [0.4, 0.5) is 0 Å². The van der Waals surface area contributed by atoms with Gasteiger partial charge in [-0.2, -0.15) is 0 Å². The maximum atomic E-state index is 5.20. The van der Waals surface area contributed by atoms with E-state index in [0.717, 1.165) is 0 Å². The summed E-state index contributed by atoms with van der Waals surface area (Å²) in [4.78, 5) is 0. The second kappa shape index (κ2) is 4.66. The lowest BCUT2D eigenvalue weighted by Gasteiger charge is -2.16. The summed E-state index contributed by atoms with van der Waals surface area (Å²) in [6, 6.07) is 0. The highest BCUT2D eigenvalue weighted by atomic mass is 16.7. The van der Waals surface area contributed by atoms with Crippen LogP contribution in [0.15, 0.2) is 0 Å². The molecule has 4 nitrogen and oxygen atoms in total. The van der Waals surface area contributed by atoms with Gasteiger partial charge in [-0.05, 0) is 0 Å². The van der Waals surface area contributed by atoms with Gasteiger partial charge in [-0.15, -0.1) is 0 Å². The third kappa shape index (κ3) is 2.75. The molecule has 0 saturated carbocycles. The number of ether oxygens (including phenoxy) is 4. The highest BCUT2D eigenvalue weighted by Gasteiger charge is 2.20. The third-order valence-corrected chi connectivity index (χ3v) is 1.60.